The number of amides is 1. The first-order valence-corrected chi connectivity index (χ1v) is 6.85. The van der Waals surface area contributed by atoms with E-state index >= 15 is 0 Å². The number of carbonyl (C=O) groups is 1. The van der Waals surface area contributed by atoms with E-state index in [1.807, 2.05) is 0 Å². The minimum atomic E-state index is -0.238. The molecule has 4 N–H and O–H groups in total. The summed E-state index contributed by atoms with van der Waals surface area (Å²) in [5.41, 5.74) is 5.84. The lowest BCUT2D eigenvalue weighted by atomic mass is 10.3. The summed E-state index contributed by atoms with van der Waals surface area (Å²) in [6.07, 6.45) is 0. The van der Waals surface area contributed by atoms with Crippen molar-refractivity contribution in [1.82, 2.24) is 15.2 Å². The first-order chi connectivity index (χ1) is 9.06. The first kappa shape index (κ1) is 14.0. The van der Waals surface area contributed by atoms with E-state index in [4.69, 9.17) is 28.9 Å². The molecule has 100 valence electrons. The number of benzene rings is 1. The number of carbonyl (C=O) groups excluding carboxylic acids is 1. The van der Waals surface area contributed by atoms with Crippen LogP contribution in [0.4, 0.5) is 11.6 Å². The van der Waals surface area contributed by atoms with Crippen LogP contribution in [0.2, 0.25) is 10.0 Å². The Morgan fingerprint density at radius 3 is 2.95 bits per heavy atom. The molecule has 1 amide bonds. The van der Waals surface area contributed by atoms with Gasteiger partial charge in [0, 0.05) is 0 Å². The zero-order valence-electron chi connectivity index (χ0n) is 9.48. The third kappa shape index (κ3) is 3.76. The quantitative estimate of drug-likeness (QED) is 0.752. The standard InChI is InChI=1S/C10H9Cl2N5OS/c11-5-2-1-3-6(8(5)12)14-7(18)4-19-10-15-9(13)16-17-10/h1-3H,4H2,(H,14,18)(H3,13,15,16,17). The van der Waals surface area contributed by atoms with Gasteiger partial charge in [-0.05, 0) is 12.1 Å². The topological polar surface area (TPSA) is 96.7 Å². The maximum absolute atomic E-state index is 11.7. The maximum Gasteiger partial charge on any atom is 0.234 e. The van der Waals surface area contributed by atoms with Gasteiger partial charge < -0.3 is 11.1 Å². The fraction of sp³-hybridized carbons (Fsp3) is 0.100. The monoisotopic (exact) mass is 317 g/mol. The minimum absolute atomic E-state index is 0.139. The van der Waals surface area contributed by atoms with Crippen LogP contribution in [-0.4, -0.2) is 26.8 Å². The third-order valence-electron chi connectivity index (χ3n) is 2.04. The fourth-order valence-corrected chi connectivity index (χ4v) is 2.19. The molecule has 6 nitrogen and oxygen atoms in total. The number of halogens is 2. The molecule has 0 spiro atoms. The van der Waals surface area contributed by atoms with Gasteiger partial charge in [-0.25, -0.2) is 5.10 Å². The summed E-state index contributed by atoms with van der Waals surface area (Å²) in [5, 5.41) is 10.0. The molecule has 0 aliphatic carbocycles. The number of hydrogen-bond acceptors (Lipinski definition) is 5. The number of aromatic nitrogens is 3. The number of nitrogens with one attached hydrogen (secondary N) is 2. The zero-order chi connectivity index (χ0) is 13.8. The predicted molar refractivity (Wildman–Crippen MR) is 76.6 cm³/mol. The Bertz CT molecular complexity index is 603. The highest BCUT2D eigenvalue weighted by atomic mass is 35.5. The van der Waals surface area contributed by atoms with Gasteiger partial charge in [0.25, 0.3) is 0 Å². The molecule has 1 aromatic carbocycles. The van der Waals surface area contributed by atoms with Crippen molar-refractivity contribution < 1.29 is 4.79 Å². The highest BCUT2D eigenvalue weighted by Gasteiger charge is 2.10. The van der Waals surface area contributed by atoms with Crippen LogP contribution >= 0.6 is 35.0 Å². The second kappa shape index (κ2) is 6.14. The summed E-state index contributed by atoms with van der Waals surface area (Å²) in [4.78, 5) is 15.6. The van der Waals surface area contributed by atoms with Crippen LogP contribution in [0.1, 0.15) is 0 Å². The van der Waals surface area contributed by atoms with E-state index in [0.29, 0.717) is 20.9 Å². The number of H-pyrrole nitrogens is 1. The van der Waals surface area contributed by atoms with Crippen molar-refractivity contribution in [1.29, 1.82) is 0 Å². The molecule has 2 aromatic rings. The van der Waals surface area contributed by atoms with Crippen LogP contribution in [0.25, 0.3) is 0 Å². The molecule has 0 saturated heterocycles. The van der Waals surface area contributed by atoms with Crippen molar-refractivity contribution in [2.24, 2.45) is 0 Å². The fourth-order valence-electron chi connectivity index (χ4n) is 1.24. The molecule has 0 fully saturated rings. The molecule has 0 aliphatic heterocycles. The second-order valence-corrected chi connectivity index (χ2v) is 5.17. The summed E-state index contributed by atoms with van der Waals surface area (Å²) >= 11 is 13.0. The van der Waals surface area contributed by atoms with E-state index in [1.165, 1.54) is 0 Å². The number of nitrogens with zero attached hydrogens (tertiary/aromatic N) is 2. The zero-order valence-corrected chi connectivity index (χ0v) is 11.8. The molecule has 0 saturated carbocycles. The van der Waals surface area contributed by atoms with Crippen LogP contribution < -0.4 is 11.1 Å². The van der Waals surface area contributed by atoms with E-state index in [0.717, 1.165) is 11.8 Å². The van der Waals surface area contributed by atoms with E-state index in [-0.39, 0.29) is 17.6 Å². The van der Waals surface area contributed by atoms with Gasteiger partial charge in [0.1, 0.15) is 0 Å². The largest absolute Gasteiger partial charge is 0.368 e. The van der Waals surface area contributed by atoms with Crippen molar-refractivity contribution in [2.45, 2.75) is 5.16 Å². The lowest BCUT2D eigenvalue weighted by molar-refractivity contribution is -0.113. The van der Waals surface area contributed by atoms with Gasteiger partial charge in [-0.15, -0.1) is 5.10 Å². The molecule has 0 bridgehead atoms. The van der Waals surface area contributed by atoms with Gasteiger partial charge in [-0.2, -0.15) is 4.98 Å². The first-order valence-electron chi connectivity index (χ1n) is 5.11. The number of aromatic amines is 1. The summed E-state index contributed by atoms with van der Waals surface area (Å²) in [5.74, 6) is 0.110. The van der Waals surface area contributed by atoms with Crippen LogP contribution in [0.5, 0.6) is 0 Å². The van der Waals surface area contributed by atoms with E-state index in [9.17, 15) is 4.79 Å². The summed E-state index contributed by atoms with van der Waals surface area (Å²) in [6, 6.07) is 5.01. The van der Waals surface area contributed by atoms with Gasteiger partial charge in [0.05, 0.1) is 21.5 Å². The average molecular weight is 318 g/mol. The van der Waals surface area contributed by atoms with Crippen LogP contribution in [0.3, 0.4) is 0 Å². The van der Waals surface area contributed by atoms with Gasteiger partial charge in [0.15, 0.2) is 0 Å². The van der Waals surface area contributed by atoms with E-state index in [1.54, 1.807) is 18.2 Å². The number of thioether (sulfide) groups is 1. The lowest BCUT2D eigenvalue weighted by Gasteiger charge is -2.07. The second-order valence-electron chi connectivity index (χ2n) is 3.44. The van der Waals surface area contributed by atoms with Gasteiger partial charge in [0.2, 0.25) is 17.0 Å². The Hall–Kier alpha value is -1.44. The molecule has 0 aliphatic rings. The maximum atomic E-state index is 11.7. The molecule has 9 heteroatoms. The molecule has 2 rings (SSSR count). The minimum Gasteiger partial charge on any atom is -0.368 e. The Labute approximate surface area is 123 Å². The highest BCUT2D eigenvalue weighted by Crippen LogP contribution is 2.29. The van der Waals surface area contributed by atoms with Crippen molar-refractivity contribution in [3.8, 4) is 0 Å². The summed E-state index contributed by atoms with van der Waals surface area (Å²) in [6.45, 7) is 0. The van der Waals surface area contributed by atoms with Gasteiger partial charge in [-0.3, -0.25) is 4.79 Å². The average Bonchev–Trinajstić information content (AvgIpc) is 2.78. The molecule has 1 aromatic heterocycles. The molecule has 1 heterocycles. The Morgan fingerprint density at radius 1 is 1.47 bits per heavy atom. The normalized spacial score (nSPS) is 10.4. The van der Waals surface area contributed by atoms with Crippen molar-refractivity contribution in [3.63, 3.8) is 0 Å². The predicted octanol–water partition coefficient (Wildman–Crippen LogP) is 2.42. The van der Waals surface area contributed by atoms with E-state index in [2.05, 4.69) is 20.5 Å². The van der Waals surface area contributed by atoms with Crippen LogP contribution in [0.15, 0.2) is 23.4 Å². The van der Waals surface area contributed by atoms with Gasteiger partial charge in [-0.1, -0.05) is 41.0 Å². The Morgan fingerprint density at radius 2 is 2.26 bits per heavy atom. The van der Waals surface area contributed by atoms with Crippen LogP contribution in [0, 0.1) is 0 Å². The highest BCUT2D eigenvalue weighted by molar-refractivity contribution is 7.99. The summed E-state index contributed by atoms with van der Waals surface area (Å²) in [7, 11) is 0. The molecule has 0 unspecified atom stereocenters. The van der Waals surface area contributed by atoms with Crippen LogP contribution in [-0.2, 0) is 4.79 Å². The van der Waals surface area contributed by atoms with Crippen molar-refractivity contribution in [3.05, 3.63) is 28.2 Å². The number of nitrogens with two attached hydrogens (primary N) is 1. The number of rotatable bonds is 4. The molecule has 0 atom stereocenters. The van der Waals surface area contributed by atoms with Crippen molar-refractivity contribution in [2.75, 3.05) is 16.8 Å². The van der Waals surface area contributed by atoms with E-state index < -0.39 is 0 Å². The Kier molecular flexibility index (Phi) is 4.52. The molecule has 0 radical (unpaired) electrons. The Balaban J connectivity index is 1.92. The smallest absolute Gasteiger partial charge is 0.234 e. The number of anilines is 2. The lowest BCUT2D eigenvalue weighted by Crippen LogP contribution is -2.14. The number of nitrogen functional groups attached to an aromatic ring is 1. The third-order valence-corrected chi connectivity index (χ3v) is 3.71. The number of hydrogen-bond donors (Lipinski definition) is 3. The molecule has 19 heavy (non-hydrogen) atoms. The SMILES string of the molecule is Nc1nc(SCC(=O)Nc2cccc(Cl)c2Cl)n[nH]1. The molecular weight excluding hydrogens is 309 g/mol. The van der Waals surface area contributed by atoms with Crippen molar-refractivity contribution >= 4 is 52.5 Å². The molecular formula is C10H9Cl2N5OS. The van der Waals surface area contributed by atoms with Gasteiger partial charge >= 0.3 is 0 Å². The summed E-state index contributed by atoms with van der Waals surface area (Å²) < 4.78 is 0.